The van der Waals surface area contributed by atoms with E-state index in [2.05, 4.69) is 10.2 Å². The van der Waals surface area contributed by atoms with Crippen LogP contribution in [-0.2, 0) is 16.2 Å². The van der Waals surface area contributed by atoms with Crippen molar-refractivity contribution < 1.29 is 23.1 Å². The molecule has 0 heterocycles. The molecule has 7 heteroatoms. The highest BCUT2D eigenvalue weighted by molar-refractivity contribution is 5.74. The summed E-state index contributed by atoms with van der Waals surface area (Å²) in [5.41, 5.74) is 8.14. The minimum absolute atomic E-state index is 0.0850. The maximum absolute atomic E-state index is 11.8. The van der Waals surface area contributed by atoms with Gasteiger partial charge < -0.3 is 10.5 Å². The molecule has 0 atom stereocenters. The quantitative estimate of drug-likeness (QED) is 0.551. The van der Waals surface area contributed by atoms with Crippen LogP contribution >= 0.6 is 0 Å². The monoisotopic (exact) mass is 246 g/mol. The van der Waals surface area contributed by atoms with Gasteiger partial charge in [-0.15, -0.1) is 0 Å². The SMILES string of the molecule is NC(=O)CONCc1ccc(OC(F)F)cc1. The molecule has 0 unspecified atom stereocenters. The Bertz CT molecular complexity index is 357. The molecule has 0 bridgehead atoms. The van der Waals surface area contributed by atoms with Gasteiger partial charge in [0, 0.05) is 6.54 Å². The zero-order valence-corrected chi connectivity index (χ0v) is 8.86. The summed E-state index contributed by atoms with van der Waals surface area (Å²) in [6, 6.07) is 6.02. The fraction of sp³-hybridized carbons (Fsp3) is 0.300. The lowest BCUT2D eigenvalue weighted by Crippen LogP contribution is -2.24. The van der Waals surface area contributed by atoms with Crippen molar-refractivity contribution in [1.82, 2.24) is 5.48 Å². The van der Waals surface area contributed by atoms with E-state index in [0.717, 1.165) is 5.56 Å². The van der Waals surface area contributed by atoms with Crippen LogP contribution in [0, 0.1) is 0 Å². The Morgan fingerprint density at radius 1 is 1.35 bits per heavy atom. The van der Waals surface area contributed by atoms with E-state index in [1.807, 2.05) is 0 Å². The Morgan fingerprint density at radius 3 is 2.53 bits per heavy atom. The molecule has 0 saturated carbocycles. The number of hydrogen-bond acceptors (Lipinski definition) is 4. The van der Waals surface area contributed by atoms with E-state index in [1.54, 1.807) is 12.1 Å². The second kappa shape index (κ2) is 6.77. The minimum atomic E-state index is -2.84. The summed E-state index contributed by atoms with van der Waals surface area (Å²) in [6.07, 6.45) is 0. The lowest BCUT2D eigenvalue weighted by molar-refractivity contribution is -0.125. The van der Waals surface area contributed by atoms with Crippen LogP contribution in [0.4, 0.5) is 8.78 Å². The highest BCUT2D eigenvalue weighted by Crippen LogP contribution is 2.14. The van der Waals surface area contributed by atoms with Gasteiger partial charge in [0.25, 0.3) is 0 Å². The molecule has 5 nitrogen and oxygen atoms in total. The molecule has 1 rings (SSSR count). The molecule has 1 amide bonds. The maximum atomic E-state index is 11.8. The number of rotatable bonds is 7. The van der Waals surface area contributed by atoms with Crippen LogP contribution in [0.3, 0.4) is 0 Å². The normalized spacial score (nSPS) is 10.5. The zero-order chi connectivity index (χ0) is 12.7. The van der Waals surface area contributed by atoms with Crippen LogP contribution in [0.15, 0.2) is 24.3 Å². The highest BCUT2D eigenvalue weighted by atomic mass is 19.3. The molecule has 0 aliphatic heterocycles. The van der Waals surface area contributed by atoms with Gasteiger partial charge in [-0.1, -0.05) is 12.1 Å². The first-order valence-electron chi connectivity index (χ1n) is 4.74. The van der Waals surface area contributed by atoms with Gasteiger partial charge in [-0.2, -0.15) is 14.3 Å². The topological polar surface area (TPSA) is 73.6 Å². The largest absolute Gasteiger partial charge is 0.435 e. The number of carbonyl (C=O) groups excluding carboxylic acids is 1. The molecule has 0 spiro atoms. The third-order valence-electron chi connectivity index (χ3n) is 1.74. The van der Waals surface area contributed by atoms with Crippen molar-refractivity contribution in [2.45, 2.75) is 13.2 Å². The number of ether oxygens (including phenoxy) is 1. The van der Waals surface area contributed by atoms with Gasteiger partial charge >= 0.3 is 6.61 Å². The fourth-order valence-corrected chi connectivity index (χ4v) is 1.05. The number of nitrogens with one attached hydrogen (secondary N) is 1. The summed E-state index contributed by atoms with van der Waals surface area (Å²) in [4.78, 5) is 15.0. The molecule has 0 aromatic heterocycles. The Morgan fingerprint density at radius 2 is 2.00 bits per heavy atom. The first-order chi connectivity index (χ1) is 8.08. The molecule has 1 aromatic carbocycles. The number of hydroxylamine groups is 1. The molecule has 0 radical (unpaired) electrons. The molecule has 0 aliphatic carbocycles. The first kappa shape index (κ1) is 13.3. The van der Waals surface area contributed by atoms with E-state index < -0.39 is 12.5 Å². The van der Waals surface area contributed by atoms with Crippen molar-refractivity contribution in [3.8, 4) is 5.75 Å². The molecular weight excluding hydrogens is 234 g/mol. The third kappa shape index (κ3) is 5.79. The van der Waals surface area contributed by atoms with E-state index in [9.17, 15) is 13.6 Å². The van der Waals surface area contributed by atoms with Crippen LogP contribution in [0.1, 0.15) is 5.56 Å². The molecule has 0 fully saturated rings. The lowest BCUT2D eigenvalue weighted by atomic mass is 10.2. The third-order valence-corrected chi connectivity index (χ3v) is 1.74. The van der Waals surface area contributed by atoms with Crippen molar-refractivity contribution in [3.05, 3.63) is 29.8 Å². The molecule has 0 saturated heterocycles. The number of alkyl halides is 2. The zero-order valence-electron chi connectivity index (χ0n) is 8.86. The fourth-order valence-electron chi connectivity index (χ4n) is 1.05. The number of nitrogens with two attached hydrogens (primary N) is 1. The standard InChI is InChI=1S/C10H12F2N2O3/c11-10(12)17-8-3-1-7(2-4-8)5-14-16-6-9(13)15/h1-4,10,14H,5-6H2,(H2,13,15). The average molecular weight is 246 g/mol. The van der Waals surface area contributed by atoms with Crippen molar-refractivity contribution in [2.24, 2.45) is 5.73 Å². The second-order valence-electron chi connectivity index (χ2n) is 3.10. The summed E-state index contributed by atoms with van der Waals surface area (Å²) in [6.45, 7) is -2.74. The summed E-state index contributed by atoms with van der Waals surface area (Å²) in [7, 11) is 0. The molecule has 17 heavy (non-hydrogen) atoms. The maximum Gasteiger partial charge on any atom is 0.387 e. The van der Waals surface area contributed by atoms with Crippen LogP contribution < -0.4 is 16.0 Å². The van der Waals surface area contributed by atoms with E-state index in [-0.39, 0.29) is 12.4 Å². The Hall–Kier alpha value is -1.73. The number of primary amides is 1. The summed E-state index contributed by atoms with van der Waals surface area (Å²) < 4.78 is 27.9. The number of amides is 1. The number of halogens is 2. The average Bonchev–Trinajstić information content (AvgIpc) is 2.25. The van der Waals surface area contributed by atoms with E-state index in [1.165, 1.54) is 12.1 Å². The molecule has 0 aliphatic rings. The molecule has 94 valence electrons. The Kier molecular flexibility index (Phi) is 5.31. The van der Waals surface area contributed by atoms with Crippen molar-refractivity contribution in [3.63, 3.8) is 0 Å². The number of benzene rings is 1. The number of carbonyl (C=O) groups is 1. The molecule has 1 aromatic rings. The Balaban J connectivity index is 2.32. The van der Waals surface area contributed by atoms with Gasteiger partial charge in [0.15, 0.2) is 0 Å². The predicted octanol–water partition coefficient (Wildman–Crippen LogP) is 0.794. The van der Waals surface area contributed by atoms with Gasteiger partial charge in [-0.3, -0.25) is 9.63 Å². The molecule has 3 N–H and O–H groups in total. The van der Waals surface area contributed by atoms with E-state index in [4.69, 9.17) is 10.6 Å². The van der Waals surface area contributed by atoms with Gasteiger partial charge in [-0.05, 0) is 17.7 Å². The van der Waals surface area contributed by atoms with Gasteiger partial charge in [-0.25, -0.2) is 0 Å². The lowest BCUT2D eigenvalue weighted by Gasteiger charge is -2.06. The minimum Gasteiger partial charge on any atom is -0.435 e. The summed E-state index contributed by atoms with van der Waals surface area (Å²) in [5, 5.41) is 0. The number of hydrogen-bond donors (Lipinski definition) is 2. The Labute approximate surface area is 96.5 Å². The predicted molar refractivity (Wildman–Crippen MR) is 55.1 cm³/mol. The van der Waals surface area contributed by atoms with Crippen molar-refractivity contribution in [1.29, 1.82) is 0 Å². The van der Waals surface area contributed by atoms with Gasteiger partial charge in [0.1, 0.15) is 12.4 Å². The summed E-state index contributed by atoms with van der Waals surface area (Å²) in [5.74, 6) is -0.500. The van der Waals surface area contributed by atoms with Crippen molar-refractivity contribution >= 4 is 5.91 Å². The van der Waals surface area contributed by atoms with Gasteiger partial charge in [0.05, 0.1) is 0 Å². The van der Waals surface area contributed by atoms with Crippen LogP contribution in [0.25, 0.3) is 0 Å². The van der Waals surface area contributed by atoms with Crippen LogP contribution in [-0.4, -0.2) is 19.1 Å². The first-order valence-corrected chi connectivity index (χ1v) is 4.74. The van der Waals surface area contributed by atoms with Crippen LogP contribution in [0.2, 0.25) is 0 Å². The summed E-state index contributed by atoms with van der Waals surface area (Å²) >= 11 is 0. The van der Waals surface area contributed by atoms with Gasteiger partial charge in [0.2, 0.25) is 5.91 Å². The van der Waals surface area contributed by atoms with E-state index in [0.29, 0.717) is 6.54 Å². The smallest absolute Gasteiger partial charge is 0.387 e. The van der Waals surface area contributed by atoms with Crippen LogP contribution in [0.5, 0.6) is 5.75 Å². The highest BCUT2D eigenvalue weighted by Gasteiger charge is 2.03. The second-order valence-corrected chi connectivity index (χ2v) is 3.10. The van der Waals surface area contributed by atoms with E-state index >= 15 is 0 Å². The molecular formula is C10H12F2N2O3. The van der Waals surface area contributed by atoms with Crippen molar-refractivity contribution in [2.75, 3.05) is 6.61 Å².